The molecule has 1 N–H and O–H groups in total. The summed E-state index contributed by atoms with van der Waals surface area (Å²) >= 11 is 0. The van der Waals surface area contributed by atoms with Gasteiger partial charge in [0.15, 0.2) is 0 Å². The highest BCUT2D eigenvalue weighted by atomic mass is 16.4. The molecule has 0 saturated heterocycles. The third kappa shape index (κ3) is 3.37. The molecule has 1 rings (SSSR count). The molecule has 0 aromatic carbocycles. The number of hydrogen-bond acceptors (Lipinski definition) is 1. The molecule has 0 aliphatic heterocycles. The van der Waals surface area contributed by atoms with Crippen LogP contribution in [-0.2, 0) is 4.79 Å². The van der Waals surface area contributed by atoms with Gasteiger partial charge in [0.2, 0.25) is 0 Å². The van der Waals surface area contributed by atoms with Crippen LogP contribution in [-0.4, -0.2) is 11.1 Å². The van der Waals surface area contributed by atoms with Gasteiger partial charge in [-0.1, -0.05) is 23.8 Å². The maximum atomic E-state index is 10.2. The van der Waals surface area contributed by atoms with Gasteiger partial charge in [0, 0.05) is 6.42 Å². The summed E-state index contributed by atoms with van der Waals surface area (Å²) in [6.45, 7) is 0. The Bertz CT molecular complexity index is 214. The van der Waals surface area contributed by atoms with Crippen LogP contribution in [0.4, 0.5) is 0 Å². The third-order valence-corrected chi connectivity index (χ3v) is 1.93. The highest BCUT2D eigenvalue weighted by Gasteiger charge is 2.00. The van der Waals surface area contributed by atoms with Crippen LogP contribution < -0.4 is 0 Å². The van der Waals surface area contributed by atoms with Crippen molar-refractivity contribution >= 4 is 5.97 Å². The molecular formula is C10H14O2. The summed E-state index contributed by atoms with van der Waals surface area (Å²) in [6, 6.07) is 0. The molecule has 1 aliphatic carbocycles. The van der Waals surface area contributed by atoms with Gasteiger partial charge in [-0.25, -0.2) is 0 Å². The molecule has 0 amide bonds. The monoisotopic (exact) mass is 166 g/mol. The second kappa shape index (κ2) is 4.75. The summed E-state index contributed by atoms with van der Waals surface area (Å²) in [5, 5.41) is 8.41. The van der Waals surface area contributed by atoms with Crippen LogP contribution in [0.25, 0.3) is 0 Å². The minimum Gasteiger partial charge on any atom is -0.481 e. The minimum absolute atomic E-state index is 0.283. The molecule has 0 aromatic heterocycles. The molecule has 0 aromatic rings. The summed E-state index contributed by atoms with van der Waals surface area (Å²) in [4.78, 5) is 10.2. The van der Waals surface area contributed by atoms with E-state index in [-0.39, 0.29) is 6.42 Å². The SMILES string of the molecule is O=C(O)CCCC1=CCCC=C1. The molecule has 12 heavy (non-hydrogen) atoms. The van der Waals surface area contributed by atoms with Crippen LogP contribution in [0.15, 0.2) is 23.8 Å². The van der Waals surface area contributed by atoms with Gasteiger partial charge in [0.05, 0.1) is 0 Å². The van der Waals surface area contributed by atoms with Crippen molar-refractivity contribution in [3.8, 4) is 0 Å². The van der Waals surface area contributed by atoms with Crippen LogP contribution in [0.1, 0.15) is 32.1 Å². The summed E-state index contributed by atoms with van der Waals surface area (Å²) in [5.41, 5.74) is 1.29. The maximum Gasteiger partial charge on any atom is 0.303 e. The Balaban J connectivity index is 2.18. The van der Waals surface area contributed by atoms with Crippen molar-refractivity contribution in [1.29, 1.82) is 0 Å². The second-order valence-corrected chi connectivity index (χ2v) is 3.01. The first kappa shape index (κ1) is 9.04. The fourth-order valence-electron chi connectivity index (χ4n) is 1.30. The molecule has 1 aliphatic rings. The van der Waals surface area contributed by atoms with Crippen LogP contribution in [0.2, 0.25) is 0 Å². The summed E-state index contributed by atoms with van der Waals surface area (Å²) in [5.74, 6) is -0.699. The van der Waals surface area contributed by atoms with E-state index < -0.39 is 5.97 Å². The molecular weight excluding hydrogens is 152 g/mol. The molecule has 2 heteroatoms. The maximum absolute atomic E-state index is 10.2. The van der Waals surface area contributed by atoms with Gasteiger partial charge >= 0.3 is 5.97 Å². The molecule has 0 heterocycles. The fraction of sp³-hybridized carbons (Fsp3) is 0.500. The standard InChI is InChI=1S/C10H14O2/c11-10(12)8-4-7-9-5-2-1-3-6-9/h2,5-6H,1,3-4,7-8H2,(H,11,12). The first-order valence-electron chi connectivity index (χ1n) is 4.36. The smallest absolute Gasteiger partial charge is 0.303 e. The first-order valence-corrected chi connectivity index (χ1v) is 4.36. The Morgan fingerprint density at radius 2 is 2.33 bits per heavy atom. The van der Waals surface area contributed by atoms with Crippen molar-refractivity contribution in [2.75, 3.05) is 0 Å². The average molecular weight is 166 g/mol. The molecule has 0 atom stereocenters. The van der Waals surface area contributed by atoms with E-state index in [0.717, 1.165) is 25.7 Å². The Morgan fingerprint density at radius 3 is 2.92 bits per heavy atom. The Hall–Kier alpha value is -1.05. The van der Waals surface area contributed by atoms with Gasteiger partial charge in [-0.05, 0) is 25.7 Å². The highest BCUT2D eigenvalue weighted by molar-refractivity contribution is 5.66. The number of hydrogen-bond donors (Lipinski definition) is 1. The highest BCUT2D eigenvalue weighted by Crippen LogP contribution is 2.15. The van der Waals surface area contributed by atoms with E-state index in [1.165, 1.54) is 5.57 Å². The third-order valence-electron chi connectivity index (χ3n) is 1.93. The summed E-state index contributed by atoms with van der Waals surface area (Å²) < 4.78 is 0. The molecule has 66 valence electrons. The van der Waals surface area contributed by atoms with E-state index in [4.69, 9.17) is 5.11 Å². The lowest BCUT2D eigenvalue weighted by Crippen LogP contribution is -1.94. The van der Waals surface area contributed by atoms with Crippen molar-refractivity contribution in [2.24, 2.45) is 0 Å². The summed E-state index contributed by atoms with van der Waals surface area (Å²) in [7, 11) is 0. The van der Waals surface area contributed by atoms with Gasteiger partial charge in [0.1, 0.15) is 0 Å². The minimum atomic E-state index is -0.699. The van der Waals surface area contributed by atoms with Crippen molar-refractivity contribution in [1.82, 2.24) is 0 Å². The fourth-order valence-corrected chi connectivity index (χ4v) is 1.30. The number of rotatable bonds is 4. The van der Waals surface area contributed by atoms with Crippen molar-refractivity contribution in [3.63, 3.8) is 0 Å². The average Bonchev–Trinajstić information content (AvgIpc) is 2.05. The lowest BCUT2D eigenvalue weighted by atomic mass is 10.0. The predicted molar refractivity (Wildman–Crippen MR) is 47.9 cm³/mol. The first-order chi connectivity index (χ1) is 5.79. The molecule has 0 spiro atoms. The zero-order chi connectivity index (χ0) is 8.81. The van der Waals surface area contributed by atoms with Crippen LogP contribution in [0, 0.1) is 0 Å². The normalized spacial score (nSPS) is 15.8. The zero-order valence-corrected chi connectivity index (χ0v) is 7.12. The van der Waals surface area contributed by atoms with Crippen molar-refractivity contribution < 1.29 is 9.90 Å². The molecule has 0 radical (unpaired) electrons. The Kier molecular flexibility index (Phi) is 3.58. The lowest BCUT2D eigenvalue weighted by Gasteiger charge is -2.04. The molecule has 0 saturated carbocycles. The number of allylic oxidation sites excluding steroid dienone is 4. The Labute approximate surface area is 72.6 Å². The van der Waals surface area contributed by atoms with E-state index in [1.54, 1.807) is 0 Å². The molecule has 0 fully saturated rings. The molecule has 0 bridgehead atoms. The Morgan fingerprint density at radius 1 is 1.50 bits per heavy atom. The van der Waals surface area contributed by atoms with Gasteiger partial charge < -0.3 is 5.11 Å². The van der Waals surface area contributed by atoms with Crippen LogP contribution >= 0.6 is 0 Å². The number of aliphatic carboxylic acids is 1. The number of carboxylic acids is 1. The largest absolute Gasteiger partial charge is 0.481 e. The molecule has 0 unspecified atom stereocenters. The number of carboxylic acid groups (broad SMARTS) is 1. The topological polar surface area (TPSA) is 37.3 Å². The quantitative estimate of drug-likeness (QED) is 0.696. The number of carbonyl (C=O) groups is 1. The summed E-state index contributed by atoms with van der Waals surface area (Å²) in [6.07, 6.45) is 10.6. The molecule has 2 nitrogen and oxygen atoms in total. The van der Waals surface area contributed by atoms with E-state index in [1.807, 2.05) is 0 Å². The van der Waals surface area contributed by atoms with Crippen LogP contribution in [0.5, 0.6) is 0 Å². The van der Waals surface area contributed by atoms with Gasteiger partial charge in [-0.2, -0.15) is 0 Å². The van der Waals surface area contributed by atoms with E-state index in [0.29, 0.717) is 0 Å². The van der Waals surface area contributed by atoms with Gasteiger partial charge in [-0.15, -0.1) is 0 Å². The van der Waals surface area contributed by atoms with Crippen molar-refractivity contribution in [2.45, 2.75) is 32.1 Å². The van der Waals surface area contributed by atoms with Gasteiger partial charge in [0.25, 0.3) is 0 Å². The van der Waals surface area contributed by atoms with E-state index in [2.05, 4.69) is 18.2 Å². The predicted octanol–water partition coefficient (Wildman–Crippen LogP) is 2.52. The van der Waals surface area contributed by atoms with E-state index in [9.17, 15) is 4.79 Å². The van der Waals surface area contributed by atoms with Crippen molar-refractivity contribution in [3.05, 3.63) is 23.8 Å². The second-order valence-electron chi connectivity index (χ2n) is 3.01. The van der Waals surface area contributed by atoms with Crippen LogP contribution in [0.3, 0.4) is 0 Å². The van der Waals surface area contributed by atoms with Gasteiger partial charge in [-0.3, -0.25) is 4.79 Å². The lowest BCUT2D eigenvalue weighted by molar-refractivity contribution is -0.137. The van der Waals surface area contributed by atoms with E-state index >= 15 is 0 Å². The zero-order valence-electron chi connectivity index (χ0n) is 7.12.